The molecule has 0 amide bonds. The summed E-state index contributed by atoms with van der Waals surface area (Å²) in [4.78, 5) is 25.5. The summed E-state index contributed by atoms with van der Waals surface area (Å²) in [6.07, 6.45) is 1.00. The van der Waals surface area contributed by atoms with Crippen molar-refractivity contribution in [3.8, 4) is 22.6 Å². The fourth-order valence-electron chi connectivity index (χ4n) is 5.68. The van der Waals surface area contributed by atoms with Crippen molar-refractivity contribution in [2.45, 2.75) is 12.8 Å². The SMILES string of the molecule is O=C1OCCCOc2ccc3ccccc3c2-c2c(ccc3ccccc23)OCCCOC(=O)c2ccc(cc2)N=Nc2ccc1cc2. The van der Waals surface area contributed by atoms with Crippen LogP contribution in [0.1, 0.15) is 33.6 Å². The molecule has 8 nitrogen and oxygen atoms in total. The van der Waals surface area contributed by atoms with Crippen molar-refractivity contribution in [3.05, 3.63) is 132 Å². The molecular weight excluding hydrogens is 604 g/mol. The smallest absolute Gasteiger partial charge is 0.338 e. The first kappa shape index (κ1) is 30.6. The van der Waals surface area contributed by atoms with Crippen LogP contribution < -0.4 is 9.47 Å². The molecule has 6 aromatic carbocycles. The molecule has 0 radical (unpaired) electrons. The van der Waals surface area contributed by atoms with E-state index >= 15 is 0 Å². The summed E-state index contributed by atoms with van der Waals surface area (Å²) < 4.78 is 23.9. The molecular formula is C40H32N2O6. The van der Waals surface area contributed by atoms with E-state index in [1.807, 2.05) is 48.5 Å². The van der Waals surface area contributed by atoms with Gasteiger partial charge in [-0.15, -0.1) is 0 Å². The van der Waals surface area contributed by atoms with E-state index in [1.165, 1.54) is 0 Å². The minimum Gasteiger partial charge on any atom is -0.493 e. The van der Waals surface area contributed by atoms with Gasteiger partial charge in [0.05, 0.1) is 48.9 Å². The Morgan fingerprint density at radius 1 is 0.417 bits per heavy atom. The number of hydrogen-bond donors (Lipinski definition) is 0. The lowest BCUT2D eigenvalue weighted by Gasteiger charge is -2.20. The molecule has 9 rings (SSSR count). The summed E-state index contributed by atoms with van der Waals surface area (Å²) in [6, 6.07) is 37.9. The number of carbonyl (C=O) groups is 2. The molecule has 0 saturated carbocycles. The molecule has 48 heavy (non-hydrogen) atoms. The molecule has 6 aromatic rings. The van der Waals surface area contributed by atoms with E-state index in [9.17, 15) is 9.59 Å². The van der Waals surface area contributed by atoms with Crippen LogP contribution in [0.15, 0.2) is 132 Å². The van der Waals surface area contributed by atoms with Crippen molar-refractivity contribution >= 4 is 44.9 Å². The Morgan fingerprint density at radius 3 is 1.25 bits per heavy atom. The lowest BCUT2D eigenvalue weighted by atomic mass is 9.92. The molecule has 3 heterocycles. The Morgan fingerprint density at radius 2 is 0.812 bits per heavy atom. The number of esters is 2. The van der Waals surface area contributed by atoms with E-state index in [4.69, 9.17) is 18.9 Å². The maximum Gasteiger partial charge on any atom is 0.338 e. The largest absolute Gasteiger partial charge is 0.493 e. The number of ether oxygens (including phenoxy) is 4. The van der Waals surface area contributed by atoms with Gasteiger partial charge in [-0.2, -0.15) is 10.2 Å². The van der Waals surface area contributed by atoms with Crippen molar-refractivity contribution in [3.63, 3.8) is 0 Å². The molecule has 0 N–H and O–H groups in total. The van der Waals surface area contributed by atoms with E-state index in [0.717, 1.165) is 32.7 Å². The van der Waals surface area contributed by atoms with Crippen LogP contribution in [-0.4, -0.2) is 38.4 Å². The third kappa shape index (κ3) is 6.73. The Balaban J connectivity index is 1.22. The van der Waals surface area contributed by atoms with E-state index in [-0.39, 0.29) is 13.2 Å². The third-order valence-corrected chi connectivity index (χ3v) is 8.08. The highest BCUT2D eigenvalue weighted by Crippen LogP contribution is 2.45. The molecule has 3 aliphatic rings. The lowest BCUT2D eigenvalue weighted by Crippen LogP contribution is -2.10. The van der Waals surface area contributed by atoms with Gasteiger partial charge in [-0.1, -0.05) is 60.7 Å². The molecule has 8 heteroatoms. The Hall–Kier alpha value is -6.02. The van der Waals surface area contributed by atoms with Crippen molar-refractivity contribution < 1.29 is 28.5 Å². The van der Waals surface area contributed by atoms with Crippen molar-refractivity contribution in [1.82, 2.24) is 0 Å². The number of fused-ring (bicyclic) bond motifs is 4. The van der Waals surface area contributed by atoms with Gasteiger partial charge >= 0.3 is 11.9 Å². The van der Waals surface area contributed by atoms with Gasteiger partial charge in [0.1, 0.15) is 11.5 Å². The first-order chi connectivity index (χ1) is 23.6. The van der Waals surface area contributed by atoms with Crippen LogP contribution in [0.25, 0.3) is 32.7 Å². The molecule has 4 bridgehead atoms. The molecule has 0 aromatic heterocycles. The minimum atomic E-state index is -0.425. The van der Waals surface area contributed by atoms with Gasteiger partial charge in [-0.3, -0.25) is 0 Å². The van der Waals surface area contributed by atoms with Gasteiger partial charge in [0.25, 0.3) is 0 Å². The highest BCUT2D eigenvalue weighted by molar-refractivity contribution is 6.09. The number of benzene rings is 6. The van der Waals surface area contributed by atoms with Gasteiger partial charge in [0.2, 0.25) is 0 Å². The van der Waals surface area contributed by atoms with Crippen molar-refractivity contribution in [1.29, 1.82) is 0 Å². The van der Waals surface area contributed by atoms with Crippen LogP contribution in [0.2, 0.25) is 0 Å². The molecule has 0 atom stereocenters. The van der Waals surface area contributed by atoms with Gasteiger partial charge < -0.3 is 18.9 Å². The van der Waals surface area contributed by atoms with Crippen LogP contribution in [0.3, 0.4) is 0 Å². The number of nitrogens with zero attached hydrogens (tertiary/aromatic N) is 2. The topological polar surface area (TPSA) is 95.8 Å². The zero-order valence-corrected chi connectivity index (χ0v) is 26.1. The minimum absolute atomic E-state index is 0.201. The number of azo groups is 1. The summed E-state index contributed by atoms with van der Waals surface area (Å²) >= 11 is 0. The average Bonchev–Trinajstić information content (AvgIpc) is 3.13. The van der Waals surface area contributed by atoms with Gasteiger partial charge in [0, 0.05) is 24.0 Å². The predicted molar refractivity (Wildman–Crippen MR) is 185 cm³/mol. The summed E-state index contributed by atoms with van der Waals surface area (Å²) in [7, 11) is 0. The van der Waals surface area contributed by atoms with Crippen LogP contribution in [0.4, 0.5) is 11.4 Å². The molecule has 3 aliphatic heterocycles. The molecule has 0 unspecified atom stereocenters. The Bertz CT molecular complexity index is 1970. The zero-order chi connectivity index (χ0) is 32.7. The quantitative estimate of drug-likeness (QED) is 0.154. The highest BCUT2D eigenvalue weighted by Gasteiger charge is 2.19. The second kappa shape index (κ2) is 14.2. The normalized spacial score (nSPS) is 14.4. The Kier molecular flexibility index (Phi) is 9.04. The molecule has 0 fully saturated rings. The molecule has 238 valence electrons. The van der Waals surface area contributed by atoms with E-state index in [0.29, 0.717) is 60.1 Å². The van der Waals surface area contributed by atoms with Gasteiger partial charge in [0.15, 0.2) is 0 Å². The predicted octanol–water partition coefficient (Wildman–Crippen LogP) is 9.64. The van der Waals surface area contributed by atoms with Crippen LogP contribution in [0.5, 0.6) is 11.5 Å². The fourth-order valence-corrected chi connectivity index (χ4v) is 5.68. The maximum atomic E-state index is 12.7. The number of hydrogen-bond acceptors (Lipinski definition) is 8. The lowest BCUT2D eigenvalue weighted by molar-refractivity contribution is 0.0476. The summed E-state index contributed by atoms with van der Waals surface area (Å²) in [6.45, 7) is 1.08. The summed E-state index contributed by atoms with van der Waals surface area (Å²) in [5.74, 6) is 0.553. The second-order valence-electron chi connectivity index (χ2n) is 11.3. The first-order valence-electron chi connectivity index (χ1n) is 15.9. The van der Waals surface area contributed by atoms with E-state index in [2.05, 4.69) is 34.5 Å². The van der Waals surface area contributed by atoms with Crippen LogP contribution in [-0.2, 0) is 9.47 Å². The second-order valence-corrected chi connectivity index (χ2v) is 11.3. The van der Waals surface area contributed by atoms with Gasteiger partial charge in [-0.25, -0.2) is 9.59 Å². The standard InChI is InChI=1S/C40H32N2O6/c43-39-29-11-17-31(18-12-29)41-42-32-19-13-30(14-20-32)40(44)48-26-6-24-46-36-22-16-28-8-2-4-10-34(28)38(36)37-33-9-3-1-7-27(33)15-21-35(37)45-23-5-25-47-39/h1-4,7-22H,5-6,23-26H2. The fraction of sp³-hybridized carbons (Fsp3) is 0.150. The van der Waals surface area contributed by atoms with E-state index in [1.54, 1.807) is 48.5 Å². The first-order valence-corrected chi connectivity index (χ1v) is 15.9. The van der Waals surface area contributed by atoms with Crippen molar-refractivity contribution in [2.75, 3.05) is 26.4 Å². The molecule has 0 aliphatic carbocycles. The number of rotatable bonds is 0. The van der Waals surface area contributed by atoms with E-state index < -0.39 is 11.9 Å². The number of carbonyl (C=O) groups excluding carboxylic acids is 2. The monoisotopic (exact) mass is 636 g/mol. The maximum absolute atomic E-state index is 12.7. The summed E-state index contributed by atoms with van der Waals surface area (Å²) in [5, 5.41) is 12.6. The molecule has 0 saturated heterocycles. The molecule has 0 spiro atoms. The average molecular weight is 637 g/mol. The van der Waals surface area contributed by atoms with Gasteiger partial charge in [-0.05, 0) is 82.2 Å². The summed E-state index contributed by atoms with van der Waals surface area (Å²) in [5.41, 5.74) is 3.83. The third-order valence-electron chi connectivity index (χ3n) is 8.08. The van der Waals surface area contributed by atoms with Crippen LogP contribution in [0, 0.1) is 0 Å². The highest BCUT2D eigenvalue weighted by atomic mass is 16.5. The van der Waals surface area contributed by atoms with Crippen molar-refractivity contribution in [2.24, 2.45) is 10.2 Å². The zero-order valence-electron chi connectivity index (χ0n) is 26.1. The Labute approximate surface area is 277 Å². The van der Waals surface area contributed by atoms with Crippen LogP contribution >= 0.6 is 0 Å².